The van der Waals surface area contributed by atoms with E-state index in [0.29, 0.717) is 0 Å². The van der Waals surface area contributed by atoms with Crippen LogP contribution >= 0.6 is 0 Å². The van der Waals surface area contributed by atoms with Crippen LogP contribution in [0.4, 0.5) is 5.69 Å². The molecular weight excluding hydrogens is 569 g/mol. The van der Waals surface area contributed by atoms with E-state index >= 15 is 0 Å². The van der Waals surface area contributed by atoms with Crippen LogP contribution in [-0.4, -0.2) is 13.1 Å². The SMILES string of the molecule is C=N/C=N\c1c(-c2ccccc2)c(-c2ccc(-c3c4ccccc4c(-c4ccccc4)c4ccccc34)cc2)c2ccccc2c1C. The van der Waals surface area contributed by atoms with E-state index in [4.69, 9.17) is 4.99 Å². The number of hydrogen-bond donors (Lipinski definition) is 0. The minimum absolute atomic E-state index is 0.912. The number of aliphatic imine (C=N–C) groups is 2. The molecular formula is C45H32N2. The Balaban J connectivity index is 1.40. The lowest BCUT2D eigenvalue weighted by molar-refractivity contribution is 1.43. The summed E-state index contributed by atoms with van der Waals surface area (Å²) in [5.74, 6) is 0. The Hall–Kier alpha value is -6.12. The number of hydrogen-bond acceptors (Lipinski definition) is 1. The number of benzene rings is 8. The first-order chi connectivity index (χ1) is 23.2. The van der Waals surface area contributed by atoms with Crippen LogP contribution in [0.3, 0.4) is 0 Å². The standard InChI is InChI=1S/C45H32N2/c1-30-35-19-9-10-20-36(35)43(44(45(30)47-29-46-2)32-17-7-4-8-18-32)34-27-25-33(26-28-34)42-39-23-13-11-21-37(39)41(31-15-5-3-6-16-31)38-22-12-14-24-40(38)42/h3-29H,2H2,1H3/b47-29-. The van der Waals surface area contributed by atoms with Gasteiger partial charge in [0.25, 0.3) is 0 Å². The maximum Gasteiger partial charge on any atom is 0.115 e. The molecule has 0 saturated heterocycles. The highest BCUT2D eigenvalue weighted by atomic mass is 14.8. The van der Waals surface area contributed by atoms with Gasteiger partial charge in [0.2, 0.25) is 0 Å². The van der Waals surface area contributed by atoms with Crippen LogP contribution in [0.1, 0.15) is 5.56 Å². The fourth-order valence-electron chi connectivity index (χ4n) is 7.20. The highest BCUT2D eigenvalue weighted by molar-refractivity contribution is 6.21. The third kappa shape index (κ3) is 4.83. The molecule has 0 aliphatic heterocycles. The number of rotatable bonds is 6. The fraction of sp³-hybridized carbons (Fsp3) is 0.0222. The van der Waals surface area contributed by atoms with Gasteiger partial charge in [-0.25, -0.2) is 4.99 Å². The first-order valence-electron chi connectivity index (χ1n) is 15.9. The van der Waals surface area contributed by atoms with Crippen LogP contribution in [0.15, 0.2) is 168 Å². The third-order valence-electron chi connectivity index (χ3n) is 9.23. The van der Waals surface area contributed by atoms with Crippen molar-refractivity contribution < 1.29 is 0 Å². The van der Waals surface area contributed by atoms with E-state index in [1.54, 1.807) is 6.34 Å². The van der Waals surface area contributed by atoms with Crippen molar-refractivity contribution in [1.82, 2.24) is 0 Å². The normalized spacial score (nSPS) is 11.5. The van der Waals surface area contributed by atoms with Crippen LogP contribution in [0.2, 0.25) is 0 Å². The number of nitrogens with zero attached hydrogens (tertiary/aromatic N) is 2. The predicted octanol–water partition coefficient (Wildman–Crippen LogP) is 12.5. The van der Waals surface area contributed by atoms with E-state index in [9.17, 15) is 0 Å². The topological polar surface area (TPSA) is 24.7 Å². The first-order valence-corrected chi connectivity index (χ1v) is 15.9. The van der Waals surface area contributed by atoms with Crippen molar-refractivity contribution in [3.8, 4) is 44.5 Å². The van der Waals surface area contributed by atoms with Crippen LogP contribution in [0, 0.1) is 6.92 Å². The summed E-state index contributed by atoms with van der Waals surface area (Å²) in [5, 5.41) is 7.38. The van der Waals surface area contributed by atoms with Crippen LogP contribution in [-0.2, 0) is 0 Å². The van der Waals surface area contributed by atoms with E-state index in [2.05, 4.69) is 176 Å². The zero-order valence-electron chi connectivity index (χ0n) is 26.2. The average molecular weight is 601 g/mol. The highest BCUT2D eigenvalue weighted by Gasteiger charge is 2.21. The lowest BCUT2D eigenvalue weighted by Crippen LogP contribution is -1.94. The Bertz CT molecular complexity index is 2400. The summed E-state index contributed by atoms with van der Waals surface area (Å²) in [5.41, 5.74) is 11.5. The van der Waals surface area contributed by atoms with Crippen molar-refractivity contribution in [1.29, 1.82) is 0 Å². The molecule has 0 amide bonds. The maximum atomic E-state index is 4.85. The molecule has 0 radical (unpaired) electrons. The molecule has 0 atom stereocenters. The minimum atomic E-state index is 0.912. The van der Waals surface area contributed by atoms with Crippen LogP contribution in [0.25, 0.3) is 76.8 Å². The minimum Gasteiger partial charge on any atom is -0.253 e. The van der Waals surface area contributed by atoms with Gasteiger partial charge in [0.1, 0.15) is 6.34 Å². The quantitative estimate of drug-likeness (QED) is 0.103. The van der Waals surface area contributed by atoms with Crippen molar-refractivity contribution in [2.45, 2.75) is 6.92 Å². The maximum absolute atomic E-state index is 4.85. The second kappa shape index (κ2) is 12.0. The predicted molar refractivity (Wildman–Crippen MR) is 203 cm³/mol. The van der Waals surface area contributed by atoms with Gasteiger partial charge in [-0.3, -0.25) is 4.99 Å². The highest BCUT2D eigenvalue weighted by Crippen LogP contribution is 2.48. The molecule has 0 N–H and O–H groups in total. The summed E-state index contributed by atoms with van der Waals surface area (Å²) in [6.07, 6.45) is 1.55. The van der Waals surface area contributed by atoms with Crippen molar-refractivity contribution in [2.75, 3.05) is 0 Å². The van der Waals surface area contributed by atoms with Gasteiger partial charge >= 0.3 is 0 Å². The van der Waals surface area contributed by atoms with Gasteiger partial charge in [-0.2, -0.15) is 0 Å². The molecule has 0 bridgehead atoms. The smallest absolute Gasteiger partial charge is 0.115 e. The summed E-state index contributed by atoms with van der Waals surface area (Å²) in [7, 11) is 0. The Labute approximate surface area is 275 Å². The fourth-order valence-corrected chi connectivity index (χ4v) is 7.20. The second-order valence-corrected chi connectivity index (χ2v) is 11.8. The first kappa shape index (κ1) is 28.4. The van der Waals surface area contributed by atoms with Gasteiger partial charge < -0.3 is 0 Å². The molecule has 0 spiro atoms. The van der Waals surface area contributed by atoms with Crippen molar-refractivity contribution >= 4 is 51.1 Å². The number of aryl methyl sites for hydroxylation is 1. The van der Waals surface area contributed by atoms with Crippen molar-refractivity contribution in [3.05, 3.63) is 163 Å². The molecule has 0 saturated carbocycles. The van der Waals surface area contributed by atoms with Crippen LogP contribution < -0.4 is 0 Å². The van der Waals surface area contributed by atoms with E-state index in [1.807, 2.05) is 0 Å². The van der Waals surface area contributed by atoms with Crippen molar-refractivity contribution in [3.63, 3.8) is 0 Å². The van der Waals surface area contributed by atoms with Gasteiger partial charge in [0.05, 0.1) is 5.69 Å². The van der Waals surface area contributed by atoms with Gasteiger partial charge in [0, 0.05) is 5.56 Å². The summed E-state index contributed by atoms with van der Waals surface area (Å²) in [6, 6.07) is 56.6. The van der Waals surface area contributed by atoms with E-state index < -0.39 is 0 Å². The average Bonchev–Trinajstić information content (AvgIpc) is 3.14. The Kier molecular flexibility index (Phi) is 7.24. The molecule has 2 heteroatoms. The summed E-state index contributed by atoms with van der Waals surface area (Å²) in [6.45, 7) is 5.80. The van der Waals surface area contributed by atoms with E-state index in [1.165, 1.54) is 54.6 Å². The molecule has 0 aromatic heterocycles. The molecule has 8 aromatic rings. The van der Waals surface area contributed by atoms with Gasteiger partial charge in [-0.05, 0) is 90.5 Å². The van der Waals surface area contributed by atoms with E-state index in [-0.39, 0.29) is 0 Å². The Morgan fingerprint density at radius 3 is 1.17 bits per heavy atom. The monoisotopic (exact) mass is 600 g/mol. The van der Waals surface area contributed by atoms with Gasteiger partial charge in [-0.15, -0.1) is 0 Å². The van der Waals surface area contributed by atoms with Crippen molar-refractivity contribution in [2.24, 2.45) is 9.98 Å². The lowest BCUT2D eigenvalue weighted by atomic mass is 9.84. The molecule has 2 nitrogen and oxygen atoms in total. The van der Waals surface area contributed by atoms with Gasteiger partial charge in [0.15, 0.2) is 0 Å². The second-order valence-electron chi connectivity index (χ2n) is 11.8. The molecule has 222 valence electrons. The summed E-state index contributed by atoms with van der Waals surface area (Å²) < 4.78 is 0. The molecule has 0 aliphatic carbocycles. The van der Waals surface area contributed by atoms with E-state index in [0.717, 1.165) is 33.5 Å². The van der Waals surface area contributed by atoms with Crippen LogP contribution in [0.5, 0.6) is 0 Å². The number of fused-ring (bicyclic) bond motifs is 3. The molecule has 47 heavy (non-hydrogen) atoms. The van der Waals surface area contributed by atoms with Gasteiger partial charge in [-0.1, -0.05) is 158 Å². The molecule has 0 unspecified atom stereocenters. The Morgan fingerprint density at radius 1 is 0.383 bits per heavy atom. The largest absolute Gasteiger partial charge is 0.253 e. The zero-order chi connectivity index (χ0) is 31.7. The summed E-state index contributed by atoms with van der Waals surface area (Å²) in [4.78, 5) is 8.82. The molecule has 0 fully saturated rings. The Morgan fingerprint density at radius 2 is 0.723 bits per heavy atom. The third-order valence-corrected chi connectivity index (χ3v) is 9.23. The molecule has 0 aliphatic rings. The lowest BCUT2D eigenvalue weighted by Gasteiger charge is -2.20. The molecule has 0 heterocycles. The molecule has 8 rings (SSSR count). The zero-order valence-corrected chi connectivity index (χ0v) is 26.2. The summed E-state index contributed by atoms with van der Waals surface area (Å²) >= 11 is 0. The molecule has 8 aromatic carbocycles.